The fraction of sp³-hybridized carbons (Fsp3) is 0.538. The lowest BCUT2D eigenvalue weighted by atomic mass is 9.96. The van der Waals surface area contributed by atoms with Gasteiger partial charge in [0.15, 0.2) is 0 Å². The molecule has 0 aliphatic rings. The molecule has 15 heavy (non-hydrogen) atoms. The SMILES string of the molecule is CCCOCC(C)(O)c1ccc(C)cc1. The van der Waals surface area contributed by atoms with Crippen molar-refractivity contribution in [2.45, 2.75) is 32.8 Å². The van der Waals surface area contributed by atoms with E-state index in [1.165, 1.54) is 5.56 Å². The fourth-order valence-corrected chi connectivity index (χ4v) is 1.41. The van der Waals surface area contributed by atoms with E-state index in [4.69, 9.17) is 4.74 Å². The second kappa shape index (κ2) is 5.29. The van der Waals surface area contributed by atoms with Crippen LogP contribution in [0.2, 0.25) is 0 Å². The Morgan fingerprint density at radius 3 is 2.40 bits per heavy atom. The summed E-state index contributed by atoms with van der Waals surface area (Å²) < 4.78 is 5.38. The number of hydrogen-bond acceptors (Lipinski definition) is 2. The molecule has 0 bridgehead atoms. The van der Waals surface area contributed by atoms with E-state index in [9.17, 15) is 5.11 Å². The van der Waals surface area contributed by atoms with Gasteiger partial charge in [0.25, 0.3) is 0 Å². The van der Waals surface area contributed by atoms with Crippen molar-refractivity contribution in [1.82, 2.24) is 0 Å². The maximum absolute atomic E-state index is 10.2. The topological polar surface area (TPSA) is 29.5 Å². The van der Waals surface area contributed by atoms with Crippen molar-refractivity contribution in [3.05, 3.63) is 35.4 Å². The molecule has 0 spiro atoms. The Balaban J connectivity index is 2.63. The van der Waals surface area contributed by atoms with Gasteiger partial charge in [0.05, 0.1) is 6.61 Å². The predicted octanol–water partition coefficient (Wildman–Crippen LogP) is 2.63. The molecule has 0 radical (unpaired) electrons. The molecule has 2 nitrogen and oxygen atoms in total. The zero-order valence-corrected chi connectivity index (χ0v) is 9.79. The standard InChI is InChI=1S/C13H20O2/c1-4-9-15-10-13(3,14)12-7-5-11(2)6-8-12/h5-8,14H,4,9-10H2,1-3H3. The first kappa shape index (κ1) is 12.2. The van der Waals surface area contributed by atoms with Crippen LogP contribution in [-0.2, 0) is 10.3 Å². The number of ether oxygens (including phenoxy) is 1. The van der Waals surface area contributed by atoms with Crippen molar-refractivity contribution >= 4 is 0 Å². The number of benzene rings is 1. The Labute approximate surface area is 91.9 Å². The lowest BCUT2D eigenvalue weighted by molar-refractivity contribution is -0.0375. The second-order valence-electron chi connectivity index (χ2n) is 4.19. The summed E-state index contributed by atoms with van der Waals surface area (Å²) in [5, 5.41) is 10.2. The van der Waals surface area contributed by atoms with Crippen LogP contribution in [0.15, 0.2) is 24.3 Å². The molecular weight excluding hydrogens is 188 g/mol. The summed E-state index contributed by atoms with van der Waals surface area (Å²) in [4.78, 5) is 0. The number of aliphatic hydroxyl groups is 1. The lowest BCUT2D eigenvalue weighted by Crippen LogP contribution is -2.27. The largest absolute Gasteiger partial charge is 0.383 e. The van der Waals surface area contributed by atoms with Gasteiger partial charge >= 0.3 is 0 Å². The summed E-state index contributed by atoms with van der Waals surface area (Å²) >= 11 is 0. The van der Waals surface area contributed by atoms with Gasteiger partial charge in [0.2, 0.25) is 0 Å². The molecule has 2 heteroatoms. The maximum Gasteiger partial charge on any atom is 0.110 e. The van der Waals surface area contributed by atoms with Gasteiger partial charge < -0.3 is 9.84 Å². The Hall–Kier alpha value is -0.860. The lowest BCUT2D eigenvalue weighted by Gasteiger charge is -2.23. The van der Waals surface area contributed by atoms with Crippen LogP contribution < -0.4 is 0 Å². The summed E-state index contributed by atoms with van der Waals surface area (Å²) in [5.41, 5.74) is 1.22. The molecule has 1 unspecified atom stereocenters. The van der Waals surface area contributed by atoms with E-state index >= 15 is 0 Å². The monoisotopic (exact) mass is 208 g/mol. The number of rotatable bonds is 5. The van der Waals surface area contributed by atoms with Crippen LogP contribution in [0.1, 0.15) is 31.4 Å². The predicted molar refractivity (Wildman–Crippen MR) is 61.9 cm³/mol. The molecule has 1 atom stereocenters. The average Bonchev–Trinajstić information content (AvgIpc) is 2.18. The Kier molecular flexibility index (Phi) is 4.30. The summed E-state index contributed by atoms with van der Waals surface area (Å²) in [6.45, 7) is 6.92. The van der Waals surface area contributed by atoms with Crippen LogP contribution in [0.3, 0.4) is 0 Å². The summed E-state index contributed by atoms with van der Waals surface area (Å²) in [6, 6.07) is 7.91. The van der Waals surface area contributed by atoms with Gasteiger partial charge in [-0.3, -0.25) is 0 Å². The molecule has 0 saturated heterocycles. The van der Waals surface area contributed by atoms with E-state index in [0.717, 1.165) is 12.0 Å². The minimum Gasteiger partial charge on any atom is -0.383 e. The summed E-state index contributed by atoms with van der Waals surface area (Å²) in [5.74, 6) is 0. The minimum atomic E-state index is -0.886. The van der Waals surface area contributed by atoms with E-state index < -0.39 is 5.60 Å². The Morgan fingerprint density at radius 1 is 1.27 bits per heavy atom. The minimum absolute atomic E-state index is 0.351. The van der Waals surface area contributed by atoms with Crippen LogP contribution in [-0.4, -0.2) is 18.3 Å². The van der Waals surface area contributed by atoms with E-state index in [-0.39, 0.29) is 0 Å². The highest BCUT2D eigenvalue weighted by Gasteiger charge is 2.22. The zero-order chi connectivity index (χ0) is 11.3. The van der Waals surface area contributed by atoms with Crippen molar-refractivity contribution in [3.63, 3.8) is 0 Å². The van der Waals surface area contributed by atoms with Gasteiger partial charge in [-0.2, -0.15) is 0 Å². The van der Waals surface area contributed by atoms with E-state index in [1.54, 1.807) is 6.92 Å². The molecule has 0 amide bonds. The molecule has 0 aliphatic carbocycles. The van der Waals surface area contributed by atoms with Gasteiger partial charge in [-0.25, -0.2) is 0 Å². The van der Waals surface area contributed by atoms with Gasteiger partial charge in [0, 0.05) is 6.61 Å². The molecule has 1 aromatic rings. The van der Waals surface area contributed by atoms with Crippen LogP contribution in [0, 0.1) is 6.92 Å². The quantitative estimate of drug-likeness (QED) is 0.754. The number of aryl methyl sites for hydroxylation is 1. The van der Waals surface area contributed by atoms with Crippen molar-refractivity contribution in [3.8, 4) is 0 Å². The Bertz CT molecular complexity index is 288. The molecule has 1 aromatic carbocycles. The van der Waals surface area contributed by atoms with Gasteiger partial charge in [-0.05, 0) is 25.8 Å². The molecule has 0 fully saturated rings. The molecule has 84 valence electrons. The highest BCUT2D eigenvalue weighted by molar-refractivity contribution is 5.25. The molecular formula is C13H20O2. The first-order valence-electron chi connectivity index (χ1n) is 5.43. The molecule has 0 aromatic heterocycles. The van der Waals surface area contributed by atoms with Crippen LogP contribution in [0.5, 0.6) is 0 Å². The molecule has 0 heterocycles. The molecule has 1 N–H and O–H groups in total. The van der Waals surface area contributed by atoms with Crippen molar-refractivity contribution in [2.75, 3.05) is 13.2 Å². The second-order valence-corrected chi connectivity index (χ2v) is 4.19. The van der Waals surface area contributed by atoms with Crippen LogP contribution in [0.25, 0.3) is 0 Å². The maximum atomic E-state index is 10.2. The highest BCUT2D eigenvalue weighted by Crippen LogP contribution is 2.21. The van der Waals surface area contributed by atoms with Crippen molar-refractivity contribution in [2.24, 2.45) is 0 Å². The smallest absolute Gasteiger partial charge is 0.110 e. The third-order valence-electron chi connectivity index (χ3n) is 2.41. The summed E-state index contributed by atoms with van der Waals surface area (Å²) in [7, 11) is 0. The first-order chi connectivity index (χ1) is 7.06. The van der Waals surface area contributed by atoms with E-state index in [0.29, 0.717) is 13.2 Å². The van der Waals surface area contributed by atoms with Gasteiger partial charge in [-0.1, -0.05) is 36.8 Å². The Morgan fingerprint density at radius 2 is 1.87 bits per heavy atom. The highest BCUT2D eigenvalue weighted by atomic mass is 16.5. The third-order valence-corrected chi connectivity index (χ3v) is 2.41. The average molecular weight is 208 g/mol. The molecule has 0 saturated carbocycles. The van der Waals surface area contributed by atoms with E-state index in [2.05, 4.69) is 6.92 Å². The third kappa shape index (κ3) is 3.65. The van der Waals surface area contributed by atoms with Crippen molar-refractivity contribution < 1.29 is 9.84 Å². The van der Waals surface area contributed by atoms with E-state index in [1.807, 2.05) is 31.2 Å². The van der Waals surface area contributed by atoms with Gasteiger partial charge in [0.1, 0.15) is 5.60 Å². The summed E-state index contributed by atoms with van der Waals surface area (Å²) in [6.07, 6.45) is 0.976. The van der Waals surface area contributed by atoms with Gasteiger partial charge in [-0.15, -0.1) is 0 Å². The normalized spacial score (nSPS) is 14.9. The first-order valence-corrected chi connectivity index (χ1v) is 5.43. The van der Waals surface area contributed by atoms with Crippen LogP contribution in [0.4, 0.5) is 0 Å². The zero-order valence-electron chi connectivity index (χ0n) is 9.79. The fourth-order valence-electron chi connectivity index (χ4n) is 1.41. The van der Waals surface area contributed by atoms with Crippen molar-refractivity contribution in [1.29, 1.82) is 0 Å². The number of hydrogen-bond donors (Lipinski definition) is 1. The molecule has 0 aliphatic heterocycles. The van der Waals surface area contributed by atoms with Crippen LogP contribution >= 0.6 is 0 Å². The molecule has 1 rings (SSSR count).